The molecule has 2 heterocycles. The number of fused-ring (bicyclic) bond motifs is 1. The van der Waals surface area contributed by atoms with E-state index < -0.39 is 6.10 Å². The van der Waals surface area contributed by atoms with Crippen LogP contribution in [0.5, 0.6) is 0 Å². The van der Waals surface area contributed by atoms with Crippen LogP contribution < -0.4 is 9.80 Å². The van der Waals surface area contributed by atoms with Crippen molar-refractivity contribution < 1.29 is 19.0 Å². The topological polar surface area (TPSA) is 45.2 Å². The lowest BCUT2D eigenvalue weighted by Gasteiger charge is -2.38. The molecule has 1 N–H and O–H groups in total. The average molecular weight is 324 g/mol. The van der Waals surface area contributed by atoms with E-state index in [1.54, 1.807) is 12.1 Å². The van der Waals surface area contributed by atoms with Crippen LogP contribution in [0, 0.1) is 5.82 Å². The Morgan fingerprint density at radius 2 is 2.26 bits per heavy atom. The summed E-state index contributed by atoms with van der Waals surface area (Å²) < 4.78 is 24.5. The van der Waals surface area contributed by atoms with E-state index in [9.17, 15) is 9.50 Å². The third-order valence-corrected chi connectivity index (χ3v) is 4.46. The molecule has 1 saturated heterocycles. The highest BCUT2D eigenvalue weighted by atomic mass is 19.1. The Hall–Kier alpha value is -1.37. The second-order valence-corrected chi connectivity index (χ2v) is 6.33. The number of benzene rings is 1. The Bertz CT molecular complexity index is 523. The lowest BCUT2D eigenvalue weighted by molar-refractivity contribution is -0.0149. The summed E-state index contributed by atoms with van der Waals surface area (Å²) in [6.07, 6.45) is 1.73. The number of rotatable bonds is 6. The molecule has 1 aromatic carbocycles. The van der Waals surface area contributed by atoms with E-state index in [1.807, 2.05) is 11.9 Å². The van der Waals surface area contributed by atoms with E-state index in [0.29, 0.717) is 19.8 Å². The predicted molar refractivity (Wildman–Crippen MR) is 87.7 cm³/mol. The molecule has 128 valence electrons. The average Bonchev–Trinajstić information content (AvgIpc) is 3.04. The van der Waals surface area contributed by atoms with Crippen LogP contribution in [0.3, 0.4) is 0 Å². The number of ether oxygens (including phenoxy) is 2. The van der Waals surface area contributed by atoms with E-state index in [1.165, 1.54) is 6.07 Å². The maximum Gasteiger partial charge on any atom is 0.125 e. The maximum atomic E-state index is 13.4. The van der Waals surface area contributed by atoms with E-state index >= 15 is 0 Å². The molecule has 0 aliphatic carbocycles. The van der Waals surface area contributed by atoms with Crippen LogP contribution in [0.1, 0.15) is 12.8 Å². The zero-order chi connectivity index (χ0) is 16.2. The molecule has 0 spiro atoms. The lowest BCUT2D eigenvalue weighted by Crippen LogP contribution is -2.43. The third kappa shape index (κ3) is 4.13. The minimum absolute atomic E-state index is 0.175. The first kappa shape index (κ1) is 16.5. The maximum absolute atomic E-state index is 13.4. The first-order valence-corrected chi connectivity index (χ1v) is 8.26. The molecule has 0 unspecified atom stereocenters. The fraction of sp³-hybridized carbons (Fsp3) is 0.647. The Morgan fingerprint density at radius 1 is 1.39 bits per heavy atom. The number of aliphatic hydroxyl groups excluding tert-OH is 1. The Morgan fingerprint density at radius 3 is 3.04 bits per heavy atom. The first-order chi connectivity index (χ1) is 11.1. The monoisotopic (exact) mass is 324 g/mol. The van der Waals surface area contributed by atoms with E-state index in [4.69, 9.17) is 9.47 Å². The Kier molecular flexibility index (Phi) is 5.35. The van der Waals surface area contributed by atoms with Gasteiger partial charge in [0.2, 0.25) is 0 Å². The molecule has 5 nitrogen and oxygen atoms in total. The summed E-state index contributed by atoms with van der Waals surface area (Å²) in [6, 6.07) is 4.79. The molecule has 2 aliphatic heterocycles. The van der Waals surface area contributed by atoms with Gasteiger partial charge in [-0.2, -0.15) is 0 Å². The number of likely N-dealkylation sites (N-methyl/N-ethyl adjacent to an activating group) is 1. The van der Waals surface area contributed by atoms with Gasteiger partial charge in [0, 0.05) is 33.3 Å². The van der Waals surface area contributed by atoms with Gasteiger partial charge in [-0.15, -0.1) is 0 Å². The summed E-state index contributed by atoms with van der Waals surface area (Å²) in [6.45, 7) is 3.74. The van der Waals surface area contributed by atoms with Crippen LogP contribution in [0.2, 0.25) is 0 Å². The summed E-state index contributed by atoms with van der Waals surface area (Å²) in [5, 5.41) is 10.2. The zero-order valence-corrected chi connectivity index (χ0v) is 13.6. The Labute approximate surface area is 136 Å². The minimum atomic E-state index is -0.572. The molecule has 3 rings (SSSR count). The van der Waals surface area contributed by atoms with Gasteiger partial charge in [0.05, 0.1) is 36.8 Å². The van der Waals surface area contributed by atoms with Gasteiger partial charge in [-0.3, -0.25) is 0 Å². The van der Waals surface area contributed by atoms with Gasteiger partial charge in [-0.05, 0) is 31.0 Å². The zero-order valence-electron chi connectivity index (χ0n) is 13.6. The lowest BCUT2D eigenvalue weighted by atomic mass is 10.1. The van der Waals surface area contributed by atoms with Gasteiger partial charge >= 0.3 is 0 Å². The summed E-state index contributed by atoms with van der Waals surface area (Å²) in [5.74, 6) is -0.238. The van der Waals surface area contributed by atoms with Crippen molar-refractivity contribution in [1.82, 2.24) is 0 Å². The van der Waals surface area contributed by atoms with E-state index in [-0.39, 0.29) is 11.9 Å². The van der Waals surface area contributed by atoms with Crippen molar-refractivity contribution in [3.05, 3.63) is 24.0 Å². The molecule has 1 fully saturated rings. The number of β-amino-alcohol motifs (C(OH)–C–C–N with tert-alkyl or cyclic N) is 1. The van der Waals surface area contributed by atoms with Gasteiger partial charge < -0.3 is 24.4 Å². The number of aliphatic hydroxyl groups is 1. The normalized spacial score (nSPS) is 22.3. The summed E-state index contributed by atoms with van der Waals surface area (Å²) in [5.41, 5.74) is 1.82. The number of halogens is 1. The van der Waals surface area contributed by atoms with Crippen LogP contribution in [-0.4, -0.2) is 63.8 Å². The largest absolute Gasteiger partial charge is 0.389 e. The fourth-order valence-electron chi connectivity index (χ4n) is 3.19. The number of nitrogens with zero attached hydrogens (tertiary/aromatic N) is 2. The molecule has 2 aliphatic rings. The highest BCUT2D eigenvalue weighted by Crippen LogP contribution is 2.32. The van der Waals surface area contributed by atoms with Gasteiger partial charge in [0.1, 0.15) is 5.82 Å². The summed E-state index contributed by atoms with van der Waals surface area (Å²) >= 11 is 0. The van der Waals surface area contributed by atoms with Gasteiger partial charge in [0.25, 0.3) is 0 Å². The predicted octanol–water partition coefficient (Wildman–Crippen LogP) is 1.64. The standard InChI is InChI=1S/C17H25FN2O3/c1-19-6-7-20(16-5-4-13(18)9-17(16)19)10-14(21)11-22-12-15-3-2-8-23-15/h4-5,9,14-15,21H,2-3,6-8,10-12H2,1H3/t14-,15-/m1/s1. The number of hydrogen-bond acceptors (Lipinski definition) is 5. The molecule has 0 amide bonds. The van der Waals surface area contributed by atoms with Crippen molar-refractivity contribution in [2.75, 3.05) is 56.3 Å². The molecule has 6 heteroatoms. The van der Waals surface area contributed by atoms with Crippen LogP contribution in [0.15, 0.2) is 18.2 Å². The van der Waals surface area contributed by atoms with Crippen LogP contribution in [0.25, 0.3) is 0 Å². The summed E-state index contributed by atoms with van der Waals surface area (Å²) in [4.78, 5) is 4.13. The van der Waals surface area contributed by atoms with E-state index in [2.05, 4.69) is 4.90 Å². The highest BCUT2D eigenvalue weighted by Gasteiger charge is 2.23. The first-order valence-electron chi connectivity index (χ1n) is 8.26. The molecule has 0 aromatic heterocycles. The SMILES string of the molecule is CN1CCN(C[C@@H](O)COC[C@H]2CCCO2)c2ccc(F)cc21. The molecule has 0 radical (unpaired) electrons. The fourth-order valence-corrected chi connectivity index (χ4v) is 3.19. The summed E-state index contributed by atoms with van der Waals surface area (Å²) in [7, 11) is 1.96. The minimum Gasteiger partial charge on any atom is -0.389 e. The van der Waals surface area contributed by atoms with Crippen molar-refractivity contribution in [2.45, 2.75) is 25.0 Å². The van der Waals surface area contributed by atoms with E-state index in [0.717, 1.165) is 43.9 Å². The van der Waals surface area contributed by atoms with Crippen LogP contribution in [-0.2, 0) is 9.47 Å². The molecular formula is C17H25FN2O3. The second kappa shape index (κ2) is 7.47. The van der Waals surface area contributed by atoms with Gasteiger partial charge in [-0.25, -0.2) is 4.39 Å². The van der Waals surface area contributed by atoms with Gasteiger partial charge in [0.15, 0.2) is 0 Å². The molecule has 23 heavy (non-hydrogen) atoms. The smallest absolute Gasteiger partial charge is 0.125 e. The second-order valence-electron chi connectivity index (χ2n) is 6.33. The Balaban J connectivity index is 1.52. The molecular weight excluding hydrogens is 299 g/mol. The van der Waals surface area contributed by atoms with Crippen molar-refractivity contribution in [1.29, 1.82) is 0 Å². The quantitative estimate of drug-likeness (QED) is 0.862. The highest BCUT2D eigenvalue weighted by molar-refractivity contribution is 5.73. The third-order valence-electron chi connectivity index (χ3n) is 4.46. The van der Waals surface area contributed by atoms with Crippen molar-refractivity contribution in [3.8, 4) is 0 Å². The van der Waals surface area contributed by atoms with Crippen LogP contribution >= 0.6 is 0 Å². The van der Waals surface area contributed by atoms with Crippen molar-refractivity contribution in [3.63, 3.8) is 0 Å². The molecule has 1 aromatic rings. The molecule has 2 atom stereocenters. The number of hydrogen-bond donors (Lipinski definition) is 1. The molecule has 0 saturated carbocycles. The molecule has 0 bridgehead atoms. The van der Waals surface area contributed by atoms with Crippen molar-refractivity contribution in [2.24, 2.45) is 0 Å². The van der Waals surface area contributed by atoms with Crippen molar-refractivity contribution >= 4 is 11.4 Å². The number of anilines is 2. The van der Waals surface area contributed by atoms with Gasteiger partial charge in [-0.1, -0.05) is 0 Å². The van der Waals surface area contributed by atoms with Crippen LogP contribution in [0.4, 0.5) is 15.8 Å².